The zero-order chi connectivity index (χ0) is 13.8. The Hall–Kier alpha value is -2.01. The first-order valence-corrected chi connectivity index (χ1v) is 6.26. The smallest absolute Gasteiger partial charge is 0.167 e. The summed E-state index contributed by atoms with van der Waals surface area (Å²) in [5, 5.41) is 0. The zero-order valence-corrected chi connectivity index (χ0v) is 11.5. The molecule has 0 radical (unpaired) electrons. The van der Waals surface area contributed by atoms with Crippen molar-refractivity contribution in [2.45, 2.75) is 26.8 Å². The van der Waals surface area contributed by atoms with Gasteiger partial charge in [0, 0.05) is 0 Å². The highest BCUT2D eigenvalue weighted by molar-refractivity contribution is 5.65. The van der Waals surface area contributed by atoms with E-state index in [-0.39, 0.29) is 0 Å². The van der Waals surface area contributed by atoms with E-state index in [1.54, 1.807) is 7.11 Å². The molecule has 19 heavy (non-hydrogen) atoms. The average molecular weight is 258 g/mol. The predicted octanol–water partition coefficient (Wildman–Crippen LogP) is 1.88. The van der Waals surface area contributed by atoms with Gasteiger partial charge in [-0.15, -0.1) is 0 Å². The summed E-state index contributed by atoms with van der Waals surface area (Å²) in [5.74, 6) is 2.62. The van der Waals surface area contributed by atoms with Crippen molar-refractivity contribution in [1.29, 1.82) is 0 Å². The Balaban J connectivity index is 2.59. The van der Waals surface area contributed by atoms with Crippen molar-refractivity contribution >= 4 is 0 Å². The van der Waals surface area contributed by atoms with Gasteiger partial charge in [0.25, 0.3) is 0 Å². The van der Waals surface area contributed by atoms with E-state index in [2.05, 4.69) is 21.9 Å². The van der Waals surface area contributed by atoms with Crippen molar-refractivity contribution in [2.75, 3.05) is 7.11 Å². The Morgan fingerprint density at radius 1 is 1.21 bits per heavy atom. The van der Waals surface area contributed by atoms with Gasteiger partial charge in [-0.1, -0.05) is 13.0 Å². The third kappa shape index (κ3) is 2.88. The van der Waals surface area contributed by atoms with Crippen LogP contribution in [0.2, 0.25) is 0 Å². The molecule has 0 aliphatic heterocycles. The molecule has 0 unspecified atom stereocenters. The van der Waals surface area contributed by atoms with Crippen molar-refractivity contribution < 1.29 is 4.74 Å². The lowest BCUT2D eigenvalue weighted by Gasteiger charge is -2.10. The van der Waals surface area contributed by atoms with Crippen LogP contribution in [-0.4, -0.2) is 22.1 Å². The van der Waals surface area contributed by atoms with Crippen LogP contribution >= 0.6 is 0 Å². The Bertz CT molecular complexity index is 584. The maximum Gasteiger partial charge on any atom is 0.167 e. The van der Waals surface area contributed by atoms with Crippen LogP contribution in [0.5, 0.6) is 5.75 Å². The molecular formula is C14H18N4O. The second-order valence-electron chi connectivity index (χ2n) is 4.21. The summed E-state index contributed by atoms with van der Waals surface area (Å²) < 4.78 is 5.38. The number of aromatic nitrogens is 3. The molecular weight excluding hydrogens is 240 g/mol. The normalized spacial score (nSPS) is 10.5. The lowest BCUT2D eigenvalue weighted by Crippen LogP contribution is -2.08. The van der Waals surface area contributed by atoms with Crippen LogP contribution in [-0.2, 0) is 13.0 Å². The third-order valence-corrected chi connectivity index (χ3v) is 2.89. The topological polar surface area (TPSA) is 73.9 Å². The van der Waals surface area contributed by atoms with E-state index in [1.807, 2.05) is 25.1 Å². The second kappa shape index (κ2) is 5.75. The lowest BCUT2D eigenvalue weighted by molar-refractivity contribution is 0.416. The monoisotopic (exact) mass is 258 g/mol. The van der Waals surface area contributed by atoms with Crippen molar-refractivity contribution in [2.24, 2.45) is 5.73 Å². The van der Waals surface area contributed by atoms with Gasteiger partial charge in [0.05, 0.1) is 19.2 Å². The van der Waals surface area contributed by atoms with Crippen LogP contribution in [0.15, 0.2) is 18.2 Å². The van der Waals surface area contributed by atoms with E-state index in [0.717, 1.165) is 17.7 Å². The molecule has 0 bridgehead atoms. The number of nitrogens with zero attached hydrogens (tertiary/aromatic N) is 3. The number of methoxy groups -OCH3 is 1. The number of nitrogens with two attached hydrogens (primary N) is 1. The molecule has 1 aromatic heterocycles. The van der Waals surface area contributed by atoms with Gasteiger partial charge in [-0.25, -0.2) is 15.0 Å². The maximum absolute atomic E-state index is 5.61. The number of benzene rings is 1. The Morgan fingerprint density at radius 3 is 2.63 bits per heavy atom. The van der Waals surface area contributed by atoms with Crippen LogP contribution < -0.4 is 10.5 Å². The van der Waals surface area contributed by atoms with E-state index in [4.69, 9.17) is 10.5 Å². The van der Waals surface area contributed by atoms with Gasteiger partial charge in [0.15, 0.2) is 5.82 Å². The van der Waals surface area contributed by atoms with E-state index in [9.17, 15) is 0 Å². The summed E-state index contributed by atoms with van der Waals surface area (Å²) in [7, 11) is 1.64. The molecule has 1 heterocycles. The molecule has 0 saturated heterocycles. The van der Waals surface area contributed by atoms with Gasteiger partial charge in [0.1, 0.15) is 17.4 Å². The molecule has 0 saturated carbocycles. The van der Waals surface area contributed by atoms with Crippen LogP contribution in [0.1, 0.15) is 24.1 Å². The molecule has 0 aliphatic carbocycles. The van der Waals surface area contributed by atoms with Gasteiger partial charge in [-0.05, 0) is 31.0 Å². The summed E-state index contributed by atoms with van der Waals surface area (Å²) in [4.78, 5) is 12.9. The minimum absolute atomic E-state index is 0.298. The largest absolute Gasteiger partial charge is 0.496 e. The van der Waals surface area contributed by atoms with Crippen molar-refractivity contribution in [3.05, 3.63) is 35.4 Å². The molecule has 100 valence electrons. The van der Waals surface area contributed by atoms with Gasteiger partial charge < -0.3 is 10.5 Å². The number of rotatable bonds is 4. The molecule has 0 spiro atoms. The molecule has 0 amide bonds. The van der Waals surface area contributed by atoms with Gasteiger partial charge in [-0.3, -0.25) is 0 Å². The number of aryl methyl sites for hydroxylation is 2. The number of ether oxygens (including phenoxy) is 1. The minimum atomic E-state index is 0.298. The first kappa shape index (κ1) is 13.4. The molecule has 5 nitrogen and oxygen atoms in total. The predicted molar refractivity (Wildman–Crippen MR) is 73.8 cm³/mol. The highest BCUT2D eigenvalue weighted by atomic mass is 16.5. The fraction of sp³-hybridized carbons (Fsp3) is 0.357. The lowest BCUT2D eigenvalue weighted by atomic mass is 10.1. The van der Waals surface area contributed by atoms with E-state index >= 15 is 0 Å². The summed E-state index contributed by atoms with van der Waals surface area (Å²) in [6.45, 7) is 4.24. The van der Waals surface area contributed by atoms with Gasteiger partial charge >= 0.3 is 0 Å². The van der Waals surface area contributed by atoms with Crippen molar-refractivity contribution in [3.63, 3.8) is 0 Å². The molecule has 2 rings (SSSR count). The summed E-state index contributed by atoms with van der Waals surface area (Å²) in [6.07, 6.45) is 0.949. The van der Waals surface area contributed by atoms with Crippen LogP contribution in [0.3, 0.4) is 0 Å². The van der Waals surface area contributed by atoms with E-state index in [0.29, 0.717) is 24.0 Å². The first-order chi connectivity index (χ1) is 9.17. The van der Waals surface area contributed by atoms with E-state index in [1.165, 1.54) is 5.56 Å². The van der Waals surface area contributed by atoms with Crippen LogP contribution in [0.25, 0.3) is 11.4 Å². The average Bonchev–Trinajstić information content (AvgIpc) is 2.45. The third-order valence-electron chi connectivity index (χ3n) is 2.89. The Morgan fingerprint density at radius 2 is 2.00 bits per heavy atom. The van der Waals surface area contributed by atoms with Gasteiger partial charge in [0.2, 0.25) is 0 Å². The number of hydrogen-bond acceptors (Lipinski definition) is 5. The fourth-order valence-corrected chi connectivity index (χ4v) is 1.90. The molecule has 2 aromatic rings. The van der Waals surface area contributed by atoms with Gasteiger partial charge in [-0.2, -0.15) is 0 Å². The van der Waals surface area contributed by atoms with Crippen LogP contribution in [0, 0.1) is 6.92 Å². The molecule has 1 aromatic carbocycles. The van der Waals surface area contributed by atoms with Crippen LogP contribution in [0.4, 0.5) is 0 Å². The highest BCUT2D eigenvalue weighted by Crippen LogP contribution is 2.28. The molecule has 5 heteroatoms. The Kier molecular flexibility index (Phi) is 4.06. The quantitative estimate of drug-likeness (QED) is 0.906. The summed E-state index contributed by atoms with van der Waals surface area (Å²) in [5.41, 5.74) is 7.70. The molecule has 0 aliphatic rings. The second-order valence-corrected chi connectivity index (χ2v) is 4.21. The Labute approximate surface area is 112 Å². The molecule has 0 atom stereocenters. The fourth-order valence-electron chi connectivity index (χ4n) is 1.90. The number of hydrogen-bond donors (Lipinski definition) is 1. The molecule has 2 N–H and O–H groups in total. The SMILES string of the molecule is CCc1ccc(OC)c(-c2nc(C)nc(CN)n2)c1. The summed E-state index contributed by atoms with van der Waals surface area (Å²) in [6, 6.07) is 6.03. The minimum Gasteiger partial charge on any atom is -0.496 e. The first-order valence-electron chi connectivity index (χ1n) is 6.26. The zero-order valence-electron chi connectivity index (χ0n) is 11.5. The highest BCUT2D eigenvalue weighted by Gasteiger charge is 2.11. The van der Waals surface area contributed by atoms with Crippen molar-refractivity contribution in [1.82, 2.24) is 15.0 Å². The van der Waals surface area contributed by atoms with Crippen molar-refractivity contribution in [3.8, 4) is 17.1 Å². The standard InChI is InChI=1S/C14H18N4O/c1-4-10-5-6-12(19-3)11(7-10)14-17-9(2)16-13(8-15)18-14/h5-7H,4,8,15H2,1-3H3. The molecule has 0 fully saturated rings. The van der Waals surface area contributed by atoms with E-state index < -0.39 is 0 Å². The maximum atomic E-state index is 5.61. The summed E-state index contributed by atoms with van der Waals surface area (Å²) >= 11 is 0.